The molecule has 14 heavy (non-hydrogen) atoms. The molecule has 1 fully saturated rings. The summed E-state index contributed by atoms with van der Waals surface area (Å²) < 4.78 is 0. The minimum absolute atomic E-state index is 0.155. The first-order valence-corrected chi connectivity index (χ1v) is 4.84. The largest absolute Gasteiger partial charge is 0.322 e. The molecule has 0 radical (unpaired) electrons. The Morgan fingerprint density at radius 3 is 2.71 bits per heavy atom. The van der Waals surface area contributed by atoms with Gasteiger partial charge in [-0.3, -0.25) is 10.1 Å². The summed E-state index contributed by atoms with van der Waals surface area (Å²) in [4.78, 5) is 13.3. The summed E-state index contributed by atoms with van der Waals surface area (Å²) in [6.07, 6.45) is 0.155. The third kappa shape index (κ3) is 1.77. The molecule has 0 saturated carbocycles. The van der Waals surface area contributed by atoms with Crippen LogP contribution in [0, 0.1) is 0 Å². The molecule has 74 valence electrons. The highest BCUT2D eigenvalue weighted by molar-refractivity contribution is 5.80. The zero-order chi connectivity index (χ0) is 9.97. The molecule has 1 heterocycles. The minimum atomic E-state index is 0.155. The van der Waals surface area contributed by atoms with Crippen molar-refractivity contribution in [2.75, 3.05) is 6.54 Å². The lowest BCUT2D eigenvalue weighted by atomic mass is 10.2. The highest BCUT2D eigenvalue weighted by atomic mass is 16.2. The van der Waals surface area contributed by atoms with Gasteiger partial charge in [-0.2, -0.15) is 0 Å². The molecule has 2 rings (SSSR count). The Kier molecular flexibility index (Phi) is 2.50. The van der Waals surface area contributed by atoms with Gasteiger partial charge in [0.2, 0.25) is 5.91 Å². The lowest BCUT2D eigenvalue weighted by Crippen LogP contribution is -2.34. The van der Waals surface area contributed by atoms with E-state index in [1.807, 2.05) is 42.2 Å². The standard InChI is InChI=1S/C11H14N2O/c1-9-12-7-11(14)13(9)8-10-5-3-2-4-6-10/h2-6,9,12H,7-8H2,1H3/t9-/m1/s1. The van der Waals surface area contributed by atoms with E-state index in [0.717, 1.165) is 0 Å². The summed E-state index contributed by atoms with van der Waals surface area (Å²) in [6.45, 7) is 3.18. The summed E-state index contributed by atoms with van der Waals surface area (Å²) in [7, 11) is 0. The van der Waals surface area contributed by atoms with Gasteiger partial charge >= 0.3 is 0 Å². The number of nitrogens with zero attached hydrogens (tertiary/aromatic N) is 1. The first-order chi connectivity index (χ1) is 6.77. The maximum absolute atomic E-state index is 11.5. The van der Waals surface area contributed by atoms with E-state index in [9.17, 15) is 4.79 Å². The van der Waals surface area contributed by atoms with Crippen molar-refractivity contribution in [1.29, 1.82) is 0 Å². The smallest absolute Gasteiger partial charge is 0.238 e. The van der Waals surface area contributed by atoms with Gasteiger partial charge in [-0.05, 0) is 12.5 Å². The number of benzene rings is 1. The van der Waals surface area contributed by atoms with Crippen LogP contribution in [0.3, 0.4) is 0 Å². The fourth-order valence-corrected chi connectivity index (χ4v) is 1.67. The number of amides is 1. The fraction of sp³-hybridized carbons (Fsp3) is 0.364. The second-order valence-electron chi connectivity index (χ2n) is 3.56. The minimum Gasteiger partial charge on any atom is -0.322 e. The van der Waals surface area contributed by atoms with Gasteiger partial charge in [-0.15, -0.1) is 0 Å². The van der Waals surface area contributed by atoms with E-state index < -0.39 is 0 Å². The van der Waals surface area contributed by atoms with Crippen LogP contribution in [-0.4, -0.2) is 23.5 Å². The van der Waals surface area contributed by atoms with E-state index in [1.165, 1.54) is 5.56 Å². The topological polar surface area (TPSA) is 32.3 Å². The monoisotopic (exact) mass is 190 g/mol. The van der Waals surface area contributed by atoms with Crippen molar-refractivity contribution >= 4 is 5.91 Å². The lowest BCUT2D eigenvalue weighted by molar-refractivity contribution is -0.128. The molecule has 0 bridgehead atoms. The van der Waals surface area contributed by atoms with E-state index in [2.05, 4.69) is 5.32 Å². The molecule has 1 aromatic rings. The summed E-state index contributed by atoms with van der Waals surface area (Å²) in [5.41, 5.74) is 1.18. The first-order valence-electron chi connectivity index (χ1n) is 4.84. The van der Waals surface area contributed by atoms with Crippen molar-refractivity contribution in [2.24, 2.45) is 0 Å². The zero-order valence-electron chi connectivity index (χ0n) is 8.23. The second kappa shape index (κ2) is 3.80. The predicted molar refractivity (Wildman–Crippen MR) is 54.5 cm³/mol. The Balaban J connectivity index is 2.07. The van der Waals surface area contributed by atoms with E-state index in [4.69, 9.17) is 0 Å². The van der Waals surface area contributed by atoms with Crippen LogP contribution in [-0.2, 0) is 11.3 Å². The van der Waals surface area contributed by atoms with Gasteiger partial charge in [-0.1, -0.05) is 30.3 Å². The predicted octanol–water partition coefficient (Wildman–Crippen LogP) is 0.964. The normalized spacial score (nSPS) is 21.6. The Morgan fingerprint density at radius 1 is 1.43 bits per heavy atom. The fourth-order valence-electron chi connectivity index (χ4n) is 1.67. The molecule has 0 aliphatic carbocycles. The van der Waals surface area contributed by atoms with Gasteiger partial charge in [-0.25, -0.2) is 0 Å². The number of nitrogens with one attached hydrogen (secondary N) is 1. The molecule has 1 aliphatic rings. The number of rotatable bonds is 2. The number of carbonyl (C=O) groups is 1. The highest BCUT2D eigenvalue weighted by Crippen LogP contribution is 2.10. The molecule has 1 saturated heterocycles. The summed E-state index contributed by atoms with van der Waals surface area (Å²) in [5, 5.41) is 3.12. The summed E-state index contributed by atoms with van der Waals surface area (Å²) in [6, 6.07) is 10.1. The van der Waals surface area contributed by atoms with Gasteiger partial charge in [0, 0.05) is 6.54 Å². The summed E-state index contributed by atoms with van der Waals surface area (Å²) in [5.74, 6) is 0.182. The van der Waals surface area contributed by atoms with Gasteiger partial charge in [0.25, 0.3) is 0 Å². The van der Waals surface area contributed by atoms with Crippen LogP contribution in [0.1, 0.15) is 12.5 Å². The molecule has 3 nitrogen and oxygen atoms in total. The van der Waals surface area contributed by atoms with Crippen molar-refractivity contribution in [3.05, 3.63) is 35.9 Å². The van der Waals surface area contributed by atoms with E-state index in [1.54, 1.807) is 0 Å². The Hall–Kier alpha value is -1.35. The van der Waals surface area contributed by atoms with Crippen LogP contribution < -0.4 is 5.32 Å². The lowest BCUT2D eigenvalue weighted by Gasteiger charge is -2.20. The third-order valence-corrected chi connectivity index (χ3v) is 2.53. The average Bonchev–Trinajstić information content (AvgIpc) is 2.51. The van der Waals surface area contributed by atoms with Crippen molar-refractivity contribution in [3.8, 4) is 0 Å². The first kappa shape index (κ1) is 9.21. The maximum atomic E-state index is 11.5. The molecular weight excluding hydrogens is 176 g/mol. The molecule has 1 aliphatic heterocycles. The molecule has 1 atom stereocenters. The van der Waals surface area contributed by atoms with Crippen molar-refractivity contribution in [3.63, 3.8) is 0 Å². The Bertz CT molecular complexity index is 323. The van der Waals surface area contributed by atoms with Crippen molar-refractivity contribution in [1.82, 2.24) is 10.2 Å². The molecule has 0 aromatic heterocycles. The van der Waals surface area contributed by atoms with Gasteiger partial charge in [0.05, 0.1) is 12.7 Å². The molecule has 1 N–H and O–H groups in total. The Labute approximate surface area is 83.7 Å². The van der Waals surface area contributed by atoms with E-state index >= 15 is 0 Å². The van der Waals surface area contributed by atoms with Crippen LogP contribution in [0.25, 0.3) is 0 Å². The number of hydrogen-bond donors (Lipinski definition) is 1. The quantitative estimate of drug-likeness (QED) is 0.753. The van der Waals surface area contributed by atoms with Crippen LogP contribution in [0.15, 0.2) is 30.3 Å². The zero-order valence-corrected chi connectivity index (χ0v) is 8.23. The third-order valence-electron chi connectivity index (χ3n) is 2.53. The number of carbonyl (C=O) groups excluding carboxylic acids is 1. The van der Waals surface area contributed by atoms with Crippen LogP contribution >= 0.6 is 0 Å². The van der Waals surface area contributed by atoms with Gasteiger partial charge < -0.3 is 4.90 Å². The van der Waals surface area contributed by atoms with E-state index in [-0.39, 0.29) is 12.1 Å². The van der Waals surface area contributed by atoms with Crippen LogP contribution in [0.5, 0.6) is 0 Å². The molecule has 1 aromatic carbocycles. The van der Waals surface area contributed by atoms with Crippen LogP contribution in [0.4, 0.5) is 0 Å². The average molecular weight is 190 g/mol. The molecule has 3 heteroatoms. The van der Waals surface area contributed by atoms with Crippen LogP contribution in [0.2, 0.25) is 0 Å². The molecule has 1 amide bonds. The van der Waals surface area contributed by atoms with Gasteiger partial charge in [0.1, 0.15) is 0 Å². The summed E-state index contributed by atoms with van der Waals surface area (Å²) >= 11 is 0. The van der Waals surface area contributed by atoms with Crippen molar-refractivity contribution < 1.29 is 4.79 Å². The second-order valence-corrected chi connectivity index (χ2v) is 3.56. The maximum Gasteiger partial charge on any atom is 0.238 e. The molecular formula is C11H14N2O. The SMILES string of the molecule is C[C@@H]1NCC(=O)N1Cc1ccccc1. The van der Waals surface area contributed by atoms with E-state index in [0.29, 0.717) is 13.1 Å². The number of hydrogen-bond acceptors (Lipinski definition) is 2. The molecule has 0 unspecified atom stereocenters. The highest BCUT2D eigenvalue weighted by Gasteiger charge is 2.26. The van der Waals surface area contributed by atoms with Crippen molar-refractivity contribution in [2.45, 2.75) is 19.6 Å². The van der Waals surface area contributed by atoms with Gasteiger partial charge in [0.15, 0.2) is 0 Å². The Morgan fingerprint density at radius 2 is 2.14 bits per heavy atom. The molecule has 0 spiro atoms.